The Hall–Kier alpha value is -3.12. The first kappa shape index (κ1) is 21.6. The smallest absolute Gasteiger partial charge is 0.338 e. The molecule has 1 heterocycles. The molecule has 0 spiro atoms. The van der Waals surface area contributed by atoms with Gasteiger partial charge in [0.05, 0.1) is 18.2 Å². The van der Waals surface area contributed by atoms with E-state index in [2.05, 4.69) is 22.0 Å². The van der Waals surface area contributed by atoms with Crippen LogP contribution in [0.5, 0.6) is 0 Å². The number of esters is 1. The van der Waals surface area contributed by atoms with E-state index in [0.717, 1.165) is 22.3 Å². The van der Waals surface area contributed by atoms with Crippen LogP contribution in [0.15, 0.2) is 53.7 Å². The van der Waals surface area contributed by atoms with E-state index in [9.17, 15) is 9.59 Å². The summed E-state index contributed by atoms with van der Waals surface area (Å²) in [6.45, 7) is 9.02. The van der Waals surface area contributed by atoms with Gasteiger partial charge in [-0.05, 0) is 44.4 Å². The summed E-state index contributed by atoms with van der Waals surface area (Å²) in [5.41, 5.74) is 6.25. The maximum atomic E-state index is 12.9. The predicted octanol–water partition coefficient (Wildman–Crippen LogP) is 3.57. The topological polar surface area (TPSA) is 79.5 Å². The molecule has 2 aromatic rings. The van der Waals surface area contributed by atoms with Crippen LogP contribution in [0.4, 0.5) is 4.79 Å². The van der Waals surface area contributed by atoms with E-state index in [4.69, 9.17) is 4.74 Å². The van der Waals surface area contributed by atoms with Crippen LogP contribution in [0.3, 0.4) is 0 Å². The molecule has 30 heavy (non-hydrogen) atoms. The Balaban J connectivity index is 1.92. The largest absolute Gasteiger partial charge is 0.463 e. The molecule has 1 aliphatic heterocycles. The third-order valence-electron chi connectivity index (χ3n) is 5.11. The molecule has 1 atom stereocenters. The number of urea groups is 1. The monoisotopic (exact) mass is 407 g/mol. The van der Waals surface area contributed by atoms with Crippen LogP contribution >= 0.6 is 0 Å². The number of aryl methyl sites for hydroxylation is 3. The molecule has 0 radical (unpaired) electrons. The molecule has 0 saturated heterocycles. The van der Waals surface area contributed by atoms with Gasteiger partial charge in [-0.2, -0.15) is 0 Å². The first-order valence-corrected chi connectivity index (χ1v) is 10.2. The van der Waals surface area contributed by atoms with Gasteiger partial charge in [0.25, 0.3) is 0 Å². The van der Waals surface area contributed by atoms with Gasteiger partial charge in [-0.3, -0.25) is 0 Å². The van der Waals surface area contributed by atoms with E-state index in [1.165, 1.54) is 5.56 Å². The molecule has 0 aromatic heterocycles. The van der Waals surface area contributed by atoms with Gasteiger partial charge in [0.15, 0.2) is 0 Å². The van der Waals surface area contributed by atoms with E-state index in [1.807, 2.05) is 57.2 Å². The van der Waals surface area contributed by atoms with Gasteiger partial charge in [0.1, 0.15) is 0 Å². The Bertz CT molecular complexity index is 981. The van der Waals surface area contributed by atoms with Crippen molar-refractivity contribution in [2.75, 3.05) is 13.2 Å². The second-order valence-corrected chi connectivity index (χ2v) is 7.60. The summed E-state index contributed by atoms with van der Waals surface area (Å²) < 4.78 is 5.33. The van der Waals surface area contributed by atoms with Gasteiger partial charge in [-0.25, -0.2) is 9.59 Å². The van der Waals surface area contributed by atoms with E-state index in [1.54, 1.807) is 6.92 Å². The number of carbonyl (C=O) groups is 2. The highest BCUT2D eigenvalue weighted by molar-refractivity contribution is 5.95. The Morgan fingerprint density at radius 1 is 1.07 bits per heavy atom. The van der Waals surface area contributed by atoms with Crippen molar-refractivity contribution in [1.82, 2.24) is 16.0 Å². The molecule has 6 nitrogen and oxygen atoms in total. The highest BCUT2D eigenvalue weighted by Crippen LogP contribution is 2.30. The molecule has 2 amide bonds. The number of hydrogen-bond donors (Lipinski definition) is 3. The van der Waals surface area contributed by atoms with Crippen LogP contribution in [0.1, 0.15) is 40.8 Å². The Morgan fingerprint density at radius 3 is 2.57 bits per heavy atom. The van der Waals surface area contributed by atoms with Crippen molar-refractivity contribution in [2.24, 2.45) is 0 Å². The van der Waals surface area contributed by atoms with Crippen molar-refractivity contribution >= 4 is 12.0 Å². The number of hydrogen-bond acceptors (Lipinski definition) is 4. The molecule has 1 unspecified atom stereocenters. The van der Waals surface area contributed by atoms with Crippen molar-refractivity contribution in [3.63, 3.8) is 0 Å². The zero-order valence-electron chi connectivity index (χ0n) is 18.0. The number of nitrogens with one attached hydrogen (secondary N) is 3. The molecule has 158 valence electrons. The summed E-state index contributed by atoms with van der Waals surface area (Å²) in [7, 11) is 0. The third-order valence-corrected chi connectivity index (χ3v) is 5.11. The predicted molar refractivity (Wildman–Crippen MR) is 117 cm³/mol. The van der Waals surface area contributed by atoms with Crippen LogP contribution in [0.2, 0.25) is 0 Å². The highest BCUT2D eigenvalue weighted by atomic mass is 16.5. The minimum absolute atomic E-state index is 0.264. The summed E-state index contributed by atoms with van der Waals surface area (Å²) in [5, 5.41) is 9.04. The lowest BCUT2D eigenvalue weighted by Crippen LogP contribution is -2.48. The average Bonchev–Trinajstić information content (AvgIpc) is 2.69. The van der Waals surface area contributed by atoms with Crippen LogP contribution < -0.4 is 16.0 Å². The molecular formula is C24H29N3O3. The van der Waals surface area contributed by atoms with Crippen molar-refractivity contribution in [3.05, 3.63) is 81.6 Å². The average molecular weight is 408 g/mol. The second-order valence-electron chi connectivity index (χ2n) is 7.60. The van der Waals surface area contributed by atoms with E-state index in [0.29, 0.717) is 24.4 Å². The highest BCUT2D eigenvalue weighted by Gasteiger charge is 2.34. The summed E-state index contributed by atoms with van der Waals surface area (Å²) >= 11 is 0. The molecule has 1 aliphatic rings. The Labute approximate surface area is 177 Å². The molecule has 3 rings (SSSR count). The minimum Gasteiger partial charge on any atom is -0.463 e. The summed E-state index contributed by atoms with van der Waals surface area (Å²) in [4.78, 5) is 25.3. The normalized spacial score (nSPS) is 16.1. The Morgan fingerprint density at radius 2 is 1.83 bits per heavy atom. The van der Waals surface area contributed by atoms with E-state index in [-0.39, 0.29) is 12.6 Å². The summed E-state index contributed by atoms with van der Waals surface area (Å²) in [6.07, 6.45) is 0. The lowest BCUT2D eigenvalue weighted by atomic mass is 9.91. The van der Waals surface area contributed by atoms with Gasteiger partial charge >= 0.3 is 12.0 Å². The molecule has 0 bridgehead atoms. The van der Waals surface area contributed by atoms with Crippen molar-refractivity contribution in [2.45, 2.75) is 40.3 Å². The lowest BCUT2D eigenvalue weighted by Gasteiger charge is -2.30. The summed E-state index contributed by atoms with van der Waals surface area (Å²) in [6, 6.07) is 13.3. The maximum Gasteiger partial charge on any atom is 0.338 e. The number of rotatable bonds is 7. The van der Waals surface area contributed by atoms with Gasteiger partial charge < -0.3 is 20.7 Å². The molecule has 0 fully saturated rings. The zero-order chi connectivity index (χ0) is 21.7. The van der Waals surface area contributed by atoms with Crippen LogP contribution in [0.25, 0.3) is 0 Å². The number of benzene rings is 2. The summed E-state index contributed by atoms with van der Waals surface area (Å²) in [5.74, 6) is -0.428. The molecular weight excluding hydrogens is 378 g/mol. The van der Waals surface area contributed by atoms with Crippen molar-refractivity contribution in [1.29, 1.82) is 0 Å². The minimum atomic E-state index is -0.562. The van der Waals surface area contributed by atoms with Gasteiger partial charge in [-0.15, -0.1) is 0 Å². The molecule has 0 saturated carbocycles. The fourth-order valence-corrected chi connectivity index (χ4v) is 3.67. The second kappa shape index (κ2) is 9.59. The van der Waals surface area contributed by atoms with Gasteiger partial charge in [0.2, 0.25) is 0 Å². The molecule has 3 N–H and O–H groups in total. The molecule has 2 aromatic carbocycles. The van der Waals surface area contributed by atoms with E-state index >= 15 is 0 Å². The van der Waals surface area contributed by atoms with Crippen LogP contribution in [-0.4, -0.2) is 25.2 Å². The van der Waals surface area contributed by atoms with Crippen molar-refractivity contribution < 1.29 is 14.3 Å². The number of ether oxygens (including phenoxy) is 1. The molecule has 6 heteroatoms. The third kappa shape index (κ3) is 5.07. The van der Waals surface area contributed by atoms with Crippen LogP contribution in [-0.2, 0) is 16.1 Å². The quantitative estimate of drug-likeness (QED) is 0.613. The maximum absolute atomic E-state index is 12.9. The zero-order valence-corrected chi connectivity index (χ0v) is 18.0. The lowest BCUT2D eigenvalue weighted by molar-refractivity contribution is -0.139. The number of carbonyl (C=O) groups excluding carboxylic acids is 2. The fourth-order valence-electron chi connectivity index (χ4n) is 3.67. The molecule has 0 aliphatic carbocycles. The van der Waals surface area contributed by atoms with E-state index < -0.39 is 12.0 Å². The fraction of sp³-hybridized carbons (Fsp3) is 0.333. The number of amides is 2. The standard InChI is InChI=1S/C24H29N3O3/c1-5-30-23(28)21-20(14-25-13-18-8-6-7-15(2)11-18)26-24(29)27-22(21)19-12-16(3)9-10-17(19)4/h6-12,22,25H,5,13-14H2,1-4H3,(H2,26,27,29). The first-order valence-electron chi connectivity index (χ1n) is 10.2. The van der Waals surface area contributed by atoms with Crippen molar-refractivity contribution in [3.8, 4) is 0 Å². The van der Waals surface area contributed by atoms with Gasteiger partial charge in [-0.1, -0.05) is 53.6 Å². The van der Waals surface area contributed by atoms with Gasteiger partial charge in [0, 0.05) is 18.8 Å². The Kier molecular flexibility index (Phi) is 6.90. The van der Waals surface area contributed by atoms with Crippen LogP contribution in [0, 0.1) is 20.8 Å². The first-order chi connectivity index (χ1) is 14.4. The SMILES string of the molecule is CCOC(=O)C1=C(CNCc2cccc(C)c2)NC(=O)NC1c1cc(C)ccc1C.